The van der Waals surface area contributed by atoms with E-state index >= 15 is 0 Å². The molecule has 0 saturated carbocycles. The van der Waals surface area contributed by atoms with Gasteiger partial charge in [0.1, 0.15) is 0 Å². The summed E-state index contributed by atoms with van der Waals surface area (Å²) in [7, 11) is 0. The minimum Gasteiger partial charge on any atom is -0.372 e. The van der Waals surface area contributed by atoms with Gasteiger partial charge < -0.3 is 4.90 Å². The predicted octanol–water partition coefficient (Wildman–Crippen LogP) is 2.95. The first-order chi connectivity index (χ1) is 5.50. The van der Waals surface area contributed by atoms with Crippen molar-refractivity contribution >= 4 is 0 Å². The molecule has 12 heavy (non-hydrogen) atoms. The molecule has 1 heterocycles. The summed E-state index contributed by atoms with van der Waals surface area (Å²) in [5.74, 6) is 0. The lowest BCUT2D eigenvalue weighted by Gasteiger charge is -2.34. The molecule has 0 fully saturated rings. The maximum atomic E-state index is 2.41. The molecule has 0 saturated heterocycles. The van der Waals surface area contributed by atoms with Crippen LogP contribution >= 0.6 is 0 Å². The highest BCUT2D eigenvalue weighted by molar-refractivity contribution is 5.18. The van der Waals surface area contributed by atoms with Crippen LogP contribution in [0.25, 0.3) is 0 Å². The van der Waals surface area contributed by atoms with E-state index in [0.29, 0.717) is 0 Å². The summed E-state index contributed by atoms with van der Waals surface area (Å²) in [5.41, 5.74) is 1.61. The Morgan fingerprint density at radius 1 is 1.33 bits per heavy atom. The van der Waals surface area contributed by atoms with Crippen LogP contribution in [0.5, 0.6) is 0 Å². The molecule has 1 nitrogen and oxygen atoms in total. The van der Waals surface area contributed by atoms with Crippen LogP contribution in [0, 0.1) is 0 Å². The highest BCUT2D eigenvalue weighted by Crippen LogP contribution is 2.18. The molecule has 0 aromatic rings. The van der Waals surface area contributed by atoms with Crippen LogP contribution in [0.1, 0.15) is 34.1 Å². The SMILES string of the molecule is CC1=CN(C(C)(C)C)CCC=C1. The van der Waals surface area contributed by atoms with Crippen molar-refractivity contribution in [2.45, 2.75) is 39.7 Å². The summed E-state index contributed by atoms with van der Waals surface area (Å²) in [6.45, 7) is 10.0. The first-order valence-corrected chi connectivity index (χ1v) is 4.62. The summed E-state index contributed by atoms with van der Waals surface area (Å²) in [6.07, 6.45) is 7.86. The lowest BCUT2D eigenvalue weighted by molar-refractivity contribution is 0.209. The van der Waals surface area contributed by atoms with Crippen LogP contribution < -0.4 is 0 Å². The van der Waals surface area contributed by atoms with Gasteiger partial charge in [-0.2, -0.15) is 0 Å². The molecule has 0 unspecified atom stereocenters. The average Bonchev–Trinajstić information content (AvgIpc) is 2.11. The second-order valence-electron chi connectivity index (χ2n) is 4.43. The fraction of sp³-hybridized carbons (Fsp3) is 0.636. The van der Waals surface area contributed by atoms with Crippen LogP contribution in [0.4, 0.5) is 0 Å². The van der Waals surface area contributed by atoms with E-state index in [1.54, 1.807) is 0 Å². The van der Waals surface area contributed by atoms with Crippen molar-refractivity contribution in [3.8, 4) is 0 Å². The van der Waals surface area contributed by atoms with Crippen LogP contribution in [0.15, 0.2) is 23.9 Å². The first kappa shape index (κ1) is 9.37. The Hall–Kier alpha value is -0.720. The van der Waals surface area contributed by atoms with Crippen molar-refractivity contribution in [2.75, 3.05) is 6.54 Å². The summed E-state index contributed by atoms with van der Waals surface area (Å²) in [4.78, 5) is 2.41. The molecule has 1 rings (SSSR count). The molecule has 1 aliphatic rings. The number of nitrogens with zero attached hydrogens (tertiary/aromatic N) is 1. The predicted molar refractivity (Wildman–Crippen MR) is 54.0 cm³/mol. The Labute approximate surface area is 75.8 Å². The van der Waals surface area contributed by atoms with Crippen molar-refractivity contribution in [3.63, 3.8) is 0 Å². The van der Waals surface area contributed by atoms with Gasteiger partial charge in [-0.3, -0.25) is 0 Å². The monoisotopic (exact) mass is 165 g/mol. The molecule has 0 amide bonds. The average molecular weight is 165 g/mol. The number of allylic oxidation sites excluding steroid dienone is 2. The van der Waals surface area contributed by atoms with E-state index in [4.69, 9.17) is 0 Å². The molecule has 0 bridgehead atoms. The molecule has 1 heteroatoms. The largest absolute Gasteiger partial charge is 0.372 e. The van der Waals surface area contributed by atoms with Gasteiger partial charge in [0.2, 0.25) is 0 Å². The smallest absolute Gasteiger partial charge is 0.0312 e. The molecule has 68 valence electrons. The van der Waals surface area contributed by atoms with E-state index in [1.807, 2.05) is 0 Å². The van der Waals surface area contributed by atoms with Crippen molar-refractivity contribution in [1.82, 2.24) is 4.90 Å². The molecule has 0 N–H and O–H groups in total. The second-order valence-corrected chi connectivity index (χ2v) is 4.43. The molecule has 0 radical (unpaired) electrons. The summed E-state index contributed by atoms with van der Waals surface area (Å²) in [6, 6.07) is 0. The minimum absolute atomic E-state index is 0.257. The third-order valence-electron chi connectivity index (χ3n) is 2.14. The van der Waals surface area contributed by atoms with Crippen molar-refractivity contribution < 1.29 is 0 Å². The maximum absolute atomic E-state index is 2.41. The Morgan fingerprint density at radius 2 is 2.00 bits per heavy atom. The Balaban J connectivity index is 2.75. The molecule has 0 aliphatic carbocycles. The molecule has 0 aromatic heterocycles. The minimum atomic E-state index is 0.257. The van der Waals surface area contributed by atoms with E-state index in [0.717, 1.165) is 13.0 Å². The van der Waals surface area contributed by atoms with Crippen LogP contribution in [-0.2, 0) is 0 Å². The molecule has 0 aromatic carbocycles. The Morgan fingerprint density at radius 3 is 2.58 bits per heavy atom. The van der Waals surface area contributed by atoms with Crippen molar-refractivity contribution in [2.24, 2.45) is 0 Å². The van der Waals surface area contributed by atoms with E-state index in [2.05, 4.69) is 50.9 Å². The highest BCUT2D eigenvalue weighted by atomic mass is 15.2. The van der Waals surface area contributed by atoms with Gasteiger partial charge in [0, 0.05) is 18.3 Å². The lowest BCUT2D eigenvalue weighted by Crippen LogP contribution is -2.37. The van der Waals surface area contributed by atoms with E-state index in [-0.39, 0.29) is 5.54 Å². The van der Waals surface area contributed by atoms with Crippen LogP contribution in [0.3, 0.4) is 0 Å². The molecular formula is C11H19N. The fourth-order valence-electron chi connectivity index (χ4n) is 1.37. The Bertz CT molecular complexity index is 206. The van der Waals surface area contributed by atoms with Gasteiger partial charge in [-0.15, -0.1) is 0 Å². The van der Waals surface area contributed by atoms with E-state index < -0.39 is 0 Å². The van der Waals surface area contributed by atoms with Gasteiger partial charge in [0.15, 0.2) is 0 Å². The molecule has 0 spiro atoms. The van der Waals surface area contributed by atoms with Crippen LogP contribution in [0.2, 0.25) is 0 Å². The van der Waals surface area contributed by atoms with E-state index in [1.165, 1.54) is 5.57 Å². The van der Waals surface area contributed by atoms with Gasteiger partial charge in [-0.25, -0.2) is 0 Å². The number of hydrogen-bond acceptors (Lipinski definition) is 1. The zero-order valence-corrected chi connectivity index (χ0v) is 8.59. The zero-order valence-electron chi connectivity index (χ0n) is 8.59. The lowest BCUT2D eigenvalue weighted by atomic mass is 10.1. The zero-order chi connectivity index (χ0) is 9.19. The number of hydrogen-bond donors (Lipinski definition) is 0. The maximum Gasteiger partial charge on any atom is 0.0312 e. The fourth-order valence-corrected chi connectivity index (χ4v) is 1.37. The third kappa shape index (κ3) is 2.40. The van der Waals surface area contributed by atoms with Crippen LogP contribution in [-0.4, -0.2) is 17.0 Å². The number of rotatable bonds is 0. The quantitative estimate of drug-likeness (QED) is 0.533. The molecule has 0 atom stereocenters. The van der Waals surface area contributed by atoms with Gasteiger partial charge in [-0.05, 0) is 39.7 Å². The molecular weight excluding hydrogens is 146 g/mol. The first-order valence-electron chi connectivity index (χ1n) is 4.62. The second kappa shape index (κ2) is 3.34. The van der Waals surface area contributed by atoms with Gasteiger partial charge in [0.25, 0.3) is 0 Å². The topological polar surface area (TPSA) is 3.24 Å². The highest BCUT2D eigenvalue weighted by Gasteiger charge is 2.17. The summed E-state index contributed by atoms with van der Waals surface area (Å²) < 4.78 is 0. The van der Waals surface area contributed by atoms with Crippen molar-refractivity contribution in [3.05, 3.63) is 23.9 Å². The van der Waals surface area contributed by atoms with Gasteiger partial charge >= 0.3 is 0 Å². The summed E-state index contributed by atoms with van der Waals surface area (Å²) in [5, 5.41) is 0. The standard InChI is InChI=1S/C11H19N/c1-10-7-5-6-8-12(9-10)11(2,3)4/h5,7,9H,6,8H2,1-4H3. The normalized spacial score (nSPS) is 19.0. The summed E-state index contributed by atoms with van der Waals surface area (Å²) >= 11 is 0. The van der Waals surface area contributed by atoms with Gasteiger partial charge in [0.05, 0.1) is 0 Å². The Kier molecular flexibility index (Phi) is 2.61. The third-order valence-corrected chi connectivity index (χ3v) is 2.14. The van der Waals surface area contributed by atoms with Gasteiger partial charge in [-0.1, -0.05) is 12.2 Å². The van der Waals surface area contributed by atoms with Crippen molar-refractivity contribution in [1.29, 1.82) is 0 Å². The molecule has 1 aliphatic heterocycles. The van der Waals surface area contributed by atoms with E-state index in [9.17, 15) is 0 Å².